The molecule has 101 valence electrons. The fraction of sp³-hybridized carbons (Fsp3) is 0.100. The van der Waals surface area contributed by atoms with Crippen LogP contribution in [0.1, 0.15) is 30.0 Å². The highest BCUT2D eigenvalue weighted by Gasteiger charge is 2.27. The summed E-state index contributed by atoms with van der Waals surface area (Å²) < 4.78 is 0. The number of aromatic nitrogens is 1. The molecule has 1 heterocycles. The van der Waals surface area contributed by atoms with Gasteiger partial charge >= 0.3 is 0 Å². The molecule has 2 aromatic carbocycles. The topological polar surface area (TPSA) is 12.9 Å². The van der Waals surface area contributed by atoms with Crippen LogP contribution in [-0.2, 0) is 0 Å². The lowest BCUT2D eigenvalue weighted by atomic mass is 9.86. The summed E-state index contributed by atoms with van der Waals surface area (Å²) in [6, 6.07) is 19.2. The predicted molar refractivity (Wildman–Crippen MR) is 87.9 cm³/mol. The third kappa shape index (κ3) is 1.89. The van der Waals surface area contributed by atoms with Crippen molar-refractivity contribution in [3.63, 3.8) is 0 Å². The van der Waals surface area contributed by atoms with Crippen LogP contribution in [0.25, 0.3) is 17.0 Å². The van der Waals surface area contributed by atoms with E-state index in [4.69, 9.17) is 0 Å². The van der Waals surface area contributed by atoms with Crippen LogP contribution in [0.15, 0.2) is 66.4 Å². The van der Waals surface area contributed by atoms with Gasteiger partial charge in [0.05, 0.1) is 11.4 Å². The molecule has 0 N–H and O–H groups in total. The molecule has 0 saturated heterocycles. The predicted octanol–water partition coefficient (Wildman–Crippen LogP) is 5.01. The van der Waals surface area contributed by atoms with Gasteiger partial charge in [-0.05, 0) is 29.2 Å². The second-order valence-corrected chi connectivity index (χ2v) is 5.37. The summed E-state index contributed by atoms with van der Waals surface area (Å²) in [5, 5.41) is 1.20. The van der Waals surface area contributed by atoms with Crippen LogP contribution in [0.3, 0.4) is 0 Å². The second-order valence-electron chi connectivity index (χ2n) is 5.37. The molecule has 0 unspecified atom stereocenters. The van der Waals surface area contributed by atoms with Crippen molar-refractivity contribution in [1.82, 2.24) is 4.98 Å². The standard InChI is InChI=1S/C20H16N/c1-2-14-13-16-7-3-4-10-17(16)19(14)18-11-5-8-15-9-6-12-21-20(15)18/h3-13H,2H2,1H3. The van der Waals surface area contributed by atoms with E-state index in [1.54, 1.807) is 0 Å². The van der Waals surface area contributed by atoms with Gasteiger partial charge in [-0.1, -0.05) is 67.1 Å². The minimum Gasteiger partial charge on any atom is -0.256 e. The Labute approximate surface area is 125 Å². The molecule has 0 aliphatic heterocycles. The van der Waals surface area contributed by atoms with Crippen molar-refractivity contribution in [2.24, 2.45) is 0 Å². The number of pyridine rings is 1. The summed E-state index contributed by atoms with van der Waals surface area (Å²) in [7, 11) is 0. The molecule has 0 saturated carbocycles. The Bertz CT molecular complexity index is 840. The van der Waals surface area contributed by atoms with Crippen LogP contribution in [0, 0.1) is 5.92 Å². The monoisotopic (exact) mass is 270 g/mol. The Hall–Kier alpha value is -2.41. The number of para-hydroxylation sites is 1. The average Bonchev–Trinajstić information content (AvgIpc) is 2.92. The smallest absolute Gasteiger partial charge is 0.0746 e. The molecule has 1 radical (unpaired) electrons. The van der Waals surface area contributed by atoms with Crippen molar-refractivity contribution in [3.8, 4) is 0 Å². The van der Waals surface area contributed by atoms with Gasteiger partial charge in [-0.25, -0.2) is 0 Å². The van der Waals surface area contributed by atoms with Crippen molar-refractivity contribution in [2.75, 3.05) is 0 Å². The Morgan fingerprint density at radius 2 is 1.67 bits per heavy atom. The first-order valence-corrected chi connectivity index (χ1v) is 7.40. The molecule has 0 atom stereocenters. The molecule has 1 aromatic heterocycles. The molecule has 0 spiro atoms. The van der Waals surface area contributed by atoms with E-state index in [0.29, 0.717) is 0 Å². The van der Waals surface area contributed by atoms with Gasteiger partial charge < -0.3 is 0 Å². The van der Waals surface area contributed by atoms with Gasteiger partial charge in [-0.3, -0.25) is 4.98 Å². The van der Waals surface area contributed by atoms with Crippen molar-refractivity contribution in [2.45, 2.75) is 13.3 Å². The summed E-state index contributed by atoms with van der Waals surface area (Å²) in [4.78, 5) is 4.62. The number of hydrogen-bond acceptors (Lipinski definition) is 1. The van der Waals surface area contributed by atoms with Crippen molar-refractivity contribution >= 4 is 17.0 Å². The van der Waals surface area contributed by atoms with Gasteiger partial charge in [-0.2, -0.15) is 0 Å². The summed E-state index contributed by atoms with van der Waals surface area (Å²) in [6.07, 6.45) is 5.22. The number of allylic oxidation sites excluding steroid dienone is 1. The molecular formula is C20H16N. The van der Waals surface area contributed by atoms with Gasteiger partial charge in [0.2, 0.25) is 0 Å². The molecule has 0 amide bonds. The summed E-state index contributed by atoms with van der Waals surface area (Å²) in [5.74, 6) is 1.34. The zero-order chi connectivity index (χ0) is 14.2. The van der Waals surface area contributed by atoms with Crippen LogP contribution in [-0.4, -0.2) is 4.98 Å². The van der Waals surface area contributed by atoms with Gasteiger partial charge in [0.25, 0.3) is 0 Å². The van der Waals surface area contributed by atoms with Crippen molar-refractivity contribution < 1.29 is 0 Å². The molecule has 0 fully saturated rings. The zero-order valence-electron chi connectivity index (χ0n) is 12.0. The molecule has 3 aromatic rings. The third-order valence-electron chi connectivity index (χ3n) is 4.16. The molecular weight excluding hydrogens is 254 g/mol. The first-order chi connectivity index (χ1) is 10.4. The molecule has 21 heavy (non-hydrogen) atoms. The highest BCUT2D eigenvalue weighted by molar-refractivity contribution is 5.89. The first-order valence-electron chi connectivity index (χ1n) is 7.40. The first kappa shape index (κ1) is 12.3. The third-order valence-corrected chi connectivity index (χ3v) is 4.16. The minimum absolute atomic E-state index is 1.03. The maximum Gasteiger partial charge on any atom is 0.0746 e. The molecule has 1 nitrogen and oxygen atoms in total. The summed E-state index contributed by atoms with van der Waals surface area (Å²) in [5.41, 5.74) is 6.37. The van der Waals surface area contributed by atoms with E-state index >= 15 is 0 Å². The molecule has 4 rings (SSSR count). The number of rotatable bonds is 2. The van der Waals surface area contributed by atoms with Crippen molar-refractivity contribution in [1.29, 1.82) is 0 Å². The maximum atomic E-state index is 4.62. The van der Waals surface area contributed by atoms with Crippen LogP contribution >= 0.6 is 0 Å². The highest BCUT2D eigenvalue weighted by Crippen LogP contribution is 2.42. The van der Waals surface area contributed by atoms with Crippen LogP contribution in [0.5, 0.6) is 0 Å². The molecule has 0 bridgehead atoms. The fourth-order valence-electron chi connectivity index (χ4n) is 3.19. The van der Waals surface area contributed by atoms with E-state index in [1.165, 1.54) is 33.6 Å². The van der Waals surface area contributed by atoms with Crippen LogP contribution in [0.2, 0.25) is 0 Å². The quantitative estimate of drug-likeness (QED) is 0.637. The van der Waals surface area contributed by atoms with Crippen molar-refractivity contribution in [3.05, 3.63) is 89.0 Å². The van der Waals surface area contributed by atoms with E-state index in [9.17, 15) is 0 Å². The fourth-order valence-corrected chi connectivity index (χ4v) is 3.19. The maximum absolute atomic E-state index is 4.62. The van der Waals surface area contributed by atoms with Crippen LogP contribution < -0.4 is 0 Å². The normalized spacial score (nSPS) is 14.2. The lowest BCUT2D eigenvalue weighted by molar-refractivity contribution is 1.08. The number of fused-ring (bicyclic) bond motifs is 2. The van der Waals surface area contributed by atoms with E-state index in [2.05, 4.69) is 66.5 Å². The average molecular weight is 270 g/mol. The van der Waals surface area contributed by atoms with E-state index in [1.807, 2.05) is 12.3 Å². The van der Waals surface area contributed by atoms with Gasteiger partial charge in [-0.15, -0.1) is 0 Å². The van der Waals surface area contributed by atoms with Gasteiger partial charge in [0.15, 0.2) is 0 Å². The Morgan fingerprint density at radius 3 is 2.57 bits per heavy atom. The molecule has 1 heteroatoms. The van der Waals surface area contributed by atoms with E-state index < -0.39 is 0 Å². The molecule has 1 aliphatic carbocycles. The van der Waals surface area contributed by atoms with Gasteiger partial charge in [0.1, 0.15) is 0 Å². The summed E-state index contributed by atoms with van der Waals surface area (Å²) in [6.45, 7) is 2.22. The lowest BCUT2D eigenvalue weighted by Crippen LogP contribution is -2.03. The minimum atomic E-state index is 1.03. The second kappa shape index (κ2) is 4.85. The zero-order valence-corrected chi connectivity index (χ0v) is 12.0. The number of nitrogens with zero attached hydrogens (tertiary/aromatic N) is 1. The highest BCUT2D eigenvalue weighted by atomic mass is 14.7. The van der Waals surface area contributed by atoms with E-state index in [-0.39, 0.29) is 0 Å². The number of benzene rings is 2. The lowest BCUT2D eigenvalue weighted by Gasteiger charge is -2.17. The van der Waals surface area contributed by atoms with Crippen LogP contribution in [0.4, 0.5) is 0 Å². The SMILES string of the molecule is CCC1=Cc2ccccc2[C]1c1cccc2cccnc12. The molecule has 1 aliphatic rings. The summed E-state index contributed by atoms with van der Waals surface area (Å²) >= 11 is 0. The van der Waals surface area contributed by atoms with Gasteiger partial charge in [0, 0.05) is 11.6 Å². The largest absolute Gasteiger partial charge is 0.256 e. The van der Waals surface area contributed by atoms with E-state index in [0.717, 1.165) is 11.9 Å². The Kier molecular flexibility index (Phi) is 2.85. The Balaban J connectivity index is 1.98. The Morgan fingerprint density at radius 1 is 0.857 bits per heavy atom. The number of hydrogen-bond donors (Lipinski definition) is 0.